The van der Waals surface area contributed by atoms with Crippen molar-refractivity contribution in [2.24, 2.45) is 0 Å². The maximum atomic E-state index is 12.5. The molecule has 3 aromatic rings. The number of rotatable bonds is 4. The van der Waals surface area contributed by atoms with Gasteiger partial charge in [0.25, 0.3) is 5.91 Å². The van der Waals surface area contributed by atoms with E-state index in [-0.39, 0.29) is 16.6 Å². The highest BCUT2D eigenvalue weighted by molar-refractivity contribution is 7.92. The fourth-order valence-electron chi connectivity index (χ4n) is 2.47. The Morgan fingerprint density at radius 3 is 2.40 bits per heavy atom. The van der Waals surface area contributed by atoms with Crippen LogP contribution in [0.25, 0.3) is 10.8 Å². The number of carbonyl (C=O) groups is 1. The lowest BCUT2D eigenvalue weighted by Gasteiger charge is -2.11. The van der Waals surface area contributed by atoms with Gasteiger partial charge in [-0.25, -0.2) is 8.42 Å². The SMILES string of the molecule is CS(=O)(=O)Nc1ccc(C(=O)Nc2cccc3ccccc23)cc1Cl. The van der Waals surface area contributed by atoms with Gasteiger partial charge in [0.15, 0.2) is 0 Å². The Labute approximate surface area is 150 Å². The Morgan fingerprint density at radius 1 is 0.960 bits per heavy atom. The first-order valence-electron chi connectivity index (χ1n) is 7.40. The van der Waals surface area contributed by atoms with Crippen LogP contribution < -0.4 is 10.0 Å². The summed E-state index contributed by atoms with van der Waals surface area (Å²) in [6.07, 6.45) is 1.03. The van der Waals surface area contributed by atoms with Gasteiger partial charge in [0.05, 0.1) is 17.0 Å². The molecule has 0 fully saturated rings. The first kappa shape index (κ1) is 17.3. The van der Waals surface area contributed by atoms with Gasteiger partial charge in [-0.15, -0.1) is 0 Å². The second kappa shape index (κ2) is 6.74. The van der Waals surface area contributed by atoms with Crippen LogP contribution in [0.3, 0.4) is 0 Å². The third-order valence-electron chi connectivity index (χ3n) is 3.56. The number of benzene rings is 3. The molecule has 7 heteroatoms. The van der Waals surface area contributed by atoms with E-state index in [1.807, 2.05) is 42.5 Å². The first-order valence-corrected chi connectivity index (χ1v) is 9.67. The first-order chi connectivity index (χ1) is 11.8. The van der Waals surface area contributed by atoms with E-state index in [2.05, 4.69) is 10.0 Å². The molecule has 3 aromatic carbocycles. The number of carbonyl (C=O) groups excluding carboxylic acids is 1. The maximum absolute atomic E-state index is 12.5. The minimum absolute atomic E-state index is 0.149. The molecule has 0 spiro atoms. The number of nitrogens with one attached hydrogen (secondary N) is 2. The van der Waals surface area contributed by atoms with E-state index in [4.69, 9.17) is 11.6 Å². The van der Waals surface area contributed by atoms with Crippen molar-refractivity contribution in [3.05, 3.63) is 71.2 Å². The van der Waals surface area contributed by atoms with Crippen molar-refractivity contribution in [2.75, 3.05) is 16.3 Å². The van der Waals surface area contributed by atoms with Gasteiger partial charge in [0.1, 0.15) is 0 Å². The zero-order valence-corrected chi connectivity index (χ0v) is 14.9. The van der Waals surface area contributed by atoms with Gasteiger partial charge in [-0.1, -0.05) is 48.0 Å². The van der Waals surface area contributed by atoms with Crippen LogP contribution in [0.4, 0.5) is 11.4 Å². The lowest BCUT2D eigenvalue weighted by atomic mass is 10.1. The fraction of sp³-hybridized carbons (Fsp3) is 0.0556. The van der Waals surface area contributed by atoms with Crippen molar-refractivity contribution >= 4 is 49.7 Å². The number of anilines is 2. The molecule has 0 saturated heterocycles. The Bertz CT molecular complexity index is 1060. The van der Waals surface area contributed by atoms with E-state index in [1.165, 1.54) is 18.2 Å². The van der Waals surface area contributed by atoms with E-state index in [0.29, 0.717) is 11.3 Å². The van der Waals surface area contributed by atoms with Gasteiger partial charge in [-0.2, -0.15) is 0 Å². The molecule has 0 unspecified atom stereocenters. The maximum Gasteiger partial charge on any atom is 0.255 e. The Kier molecular flexibility index (Phi) is 4.65. The number of sulfonamides is 1. The van der Waals surface area contributed by atoms with E-state index >= 15 is 0 Å². The van der Waals surface area contributed by atoms with Crippen LogP contribution in [0.5, 0.6) is 0 Å². The smallest absolute Gasteiger partial charge is 0.255 e. The summed E-state index contributed by atoms with van der Waals surface area (Å²) in [6, 6.07) is 17.8. The van der Waals surface area contributed by atoms with Crippen LogP contribution in [0, 0.1) is 0 Å². The molecule has 0 saturated carbocycles. The second-order valence-electron chi connectivity index (χ2n) is 5.55. The summed E-state index contributed by atoms with van der Waals surface area (Å²) in [5.74, 6) is -0.329. The second-order valence-corrected chi connectivity index (χ2v) is 7.71. The number of fused-ring (bicyclic) bond motifs is 1. The van der Waals surface area contributed by atoms with Crippen LogP contribution in [0.1, 0.15) is 10.4 Å². The van der Waals surface area contributed by atoms with Crippen molar-refractivity contribution in [2.45, 2.75) is 0 Å². The molecule has 0 aliphatic heterocycles. The van der Waals surface area contributed by atoms with Crippen molar-refractivity contribution in [1.82, 2.24) is 0 Å². The van der Waals surface area contributed by atoms with Gasteiger partial charge in [-0.3, -0.25) is 9.52 Å². The molecule has 0 aliphatic rings. The minimum Gasteiger partial charge on any atom is -0.321 e. The zero-order chi connectivity index (χ0) is 18.0. The fourth-order valence-corrected chi connectivity index (χ4v) is 3.33. The monoisotopic (exact) mass is 374 g/mol. The largest absolute Gasteiger partial charge is 0.321 e. The molecule has 0 aromatic heterocycles. The summed E-state index contributed by atoms with van der Waals surface area (Å²) < 4.78 is 24.9. The average molecular weight is 375 g/mol. The highest BCUT2D eigenvalue weighted by Gasteiger charge is 2.12. The molecule has 25 heavy (non-hydrogen) atoms. The molecule has 0 radical (unpaired) electrons. The molecule has 0 heterocycles. The summed E-state index contributed by atoms with van der Waals surface area (Å²) in [5.41, 5.74) is 1.25. The average Bonchev–Trinajstić information content (AvgIpc) is 2.56. The van der Waals surface area contributed by atoms with Crippen LogP contribution in [0.15, 0.2) is 60.7 Å². The topological polar surface area (TPSA) is 75.3 Å². The lowest BCUT2D eigenvalue weighted by molar-refractivity contribution is 0.102. The number of hydrogen-bond acceptors (Lipinski definition) is 3. The zero-order valence-electron chi connectivity index (χ0n) is 13.3. The predicted octanol–water partition coefficient (Wildman–Crippen LogP) is 4.12. The van der Waals surface area contributed by atoms with Gasteiger partial charge < -0.3 is 5.32 Å². The minimum atomic E-state index is -3.44. The summed E-state index contributed by atoms with van der Waals surface area (Å²) in [6.45, 7) is 0. The molecule has 3 rings (SSSR count). The standard InChI is InChI=1S/C18H15ClN2O3S/c1-25(23,24)21-17-10-9-13(11-15(17)19)18(22)20-16-8-4-6-12-5-2-3-7-14(12)16/h2-11,21H,1H3,(H,20,22). The van der Waals surface area contributed by atoms with Crippen molar-refractivity contribution < 1.29 is 13.2 Å². The molecular formula is C18H15ClN2O3S. The Balaban J connectivity index is 1.87. The van der Waals surface area contributed by atoms with Crippen LogP contribution in [0.2, 0.25) is 5.02 Å². The van der Waals surface area contributed by atoms with E-state index in [9.17, 15) is 13.2 Å². The van der Waals surface area contributed by atoms with Crippen molar-refractivity contribution in [1.29, 1.82) is 0 Å². The third kappa shape index (κ3) is 4.10. The highest BCUT2D eigenvalue weighted by Crippen LogP contribution is 2.26. The Morgan fingerprint density at radius 2 is 1.68 bits per heavy atom. The summed E-state index contributed by atoms with van der Waals surface area (Å²) >= 11 is 6.07. The highest BCUT2D eigenvalue weighted by atomic mass is 35.5. The molecule has 0 atom stereocenters. The van der Waals surface area contributed by atoms with Crippen LogP contribution in [-0.2, 0) is 10.0 Å². The molecule has 2 N–H and O–H groups in total. The van der Waals surface area contributed by atoms with Crippen LogP contribution >= 0.6 is 11.6 Å². The lowest BCUT2D eigenvalue weighted by Crippen LogP contribution is -2.13. The summed E-state index contributed by atoms with van der Waals surface area (Å²) in [7, 11) is -3.44. The molecule has 0 aliphatic carbocycles. The van der Waals surface area contributed by atoms with Gasteiger partial charge in [0, 0.05) is 16.6 Å². The Hall–Kier alpha value is -2.57. The quantitative estimate of drug-likeness (QED) is 0.721. The van der Waals surface area contributed by atoms with E-state index in [0.717, 1.165) is 17.0 Å². The molecule has 5 nitrogen and oxygen atoms in total. The summed E-state index contributed by atoms with van der Waals surface area (Å²) in [5, 5.41) is 4.96. The van der Waals surface area contributed by atoms with Crippen molar-refractivity contribution in [3.63, 3.8) is 0 Å². The van der Waals surface area contributed by atoms with Gasteiger partial charge >= 0.3 is 0 Å². The van der Waals surface area contributed by atoms with Gasteiger partial charge in [-0.05, 0) is 29.7 Å². The third-order valence-corrected chi connectivity index (χ3v) is 4.47. The van der Waals surface area contributed by atoms with E-state index in [1.54, 1.807) is 0 Å². The molecule has 128 valence electrons. The van der Waals surface area contributed by atoms with Crippen LogP contribution in [-0.4, -0.2) is 20.6 Å². The number of amides is 1. The number of hydrogen-bond donors (Lipinski definition) is 2. The summed E-state index contributed by atoms with van der Waals surface area (Å²) in [4.78, 5) is 12.5. The predicted molar refractivity (Wildman–Crippen MR) is 102 cm³/mol. The van der Waals surface area contributed by atoms with Gasteiger partial charge in [0.2, 0.25) is 10.0 Å². The number of halogens is 1. The molecule has 1 amide bonds. The normalized spacial score (nSPS) is 11.3. The molecule has 0 bridgehead atoms. The van der Waals surface area contributed by atoms with E-state index < -0.39 is 10.0 Å². The van der Waals surface area contributed by atoms with Crippen molar-refractivity contribution in [3.8, 4) is 0 Å². The molecular weight excluding hydrogens is 360 g/mol.